The number of esters is 2. The molecule has 120 valence electrons. The van der Waals surface area contributed by atoms with Crippen molar-refractivity contribution in [3.8, 4) is 0 Å². The minimum Gasteiger partial charge on any atom is -0.515 e. The Morgan fingerprint density at radius 3 is 2.48 bits per heavy atom. The second-order valence-electron chi connectivity index (χ2n) is 5.90. The molecule has 1 N–H and O–H groups in total. The van der Waals surface area contributed by atoms with Crippen molar-refractivity contribution in [2.24, 2.45) is 5.92 Å². The Morgan fingerprint density at radius 2 is 1.91 bits per heavy atom. The van der Waals surface area contributed by atoms with Crippen LogP contribution in [0.25, 0.3) is 0 Å². The van der Waals surface area contributed by atoms with Gasteiger partial charge in [-0.25, -0.2) is 9.59 Å². The Labute approximate surface area is 134 Å². The standard InChI is InChI=1S/C12H10O3.C6H8O2/c13-6-10-9-5-7-3-1-2-4-8(7)11(9)15-12(10)14;1-4-3-8-6(7)5(4)2/h1-4,6,9,11,13H,5H2;3H2,1-2H3/b10-6+;. The summed E-state index contributed by atoms with van der Waals surface area (Å²) >= 11 is 0. The normalized spacial score (nSPS) is 26.4. The first kappa shape index (κ1) is 15.3. The Balaban J connectivity index is 0.000000166. The van der Waals surface area contributed by atoms with Gasteiger partial charge < -0.3 is 14.6 Å². The van der Waals surface area contributed by atoms with Crippen LogP contribution >= 0.6 is 0 Å². The molecule has 0 bridgehead atoms. The van der Waals surface area contributed by atoms with Crippen molar-refractivity contribution in [3.63, 3.8) is 0 Å². The van der Waals surface area contributed by atoms with Crippen LogP contribution in [0.1, 0.15) is 31.1 Å². The molecule has 2 aliphatic heterocycles. The number of carbonyl (C=O) groups excluding carboxylic acids is 2. The van der Waals surface area contributed by atoms with Gasteiger partial charge in [0.15, 0.2) is 0 Å². The molecule has 0 spiro atoms. The number of hydrogen-bond donors (Lipinski definition) is 1. The summed E-state index contributed by atoms with van der Waals surface area (Å²) in [5.74, 6) is -0.551. The van der Waals surface area contributed by atoms with Crippen LogP contribution in [0.2, 0.25) is 0 Å². The van der Waals surface area contributed by atoms with E-state index in [2.05, 4.69) is 4.74 Å². The number of carbonyl (C=O) groups is 2. The van der Waals surface area contributed by atoms with Gasteiger partial charge in [0.1, 0.15) is 12.7 Å². The molecule has 2 unspecified atom stereocenters. The summed E-state index contributed by atoms with van der Waals surface area (Å²) in [6, 6.07) is 7.93. The number of benzene rings is 1. The lowest BCUT2D eigenvalue weighted by Gasteiger charge is -2.07. The van der Waals surface area contributed by atoms with Crippen LogP contribution in [0, 0.1) is 5.92 Å². The monoisotopic (exact) mass is 314 g/mol. The van der Waals surface area contributed by atoms with Crippen molar-refractivity contribution < 1.29 is 24.2 Å². The van der Waals surface area contributed by atoms with E-state index in [0.29, 0.717) is 12.2 Å². The van der Waals surface area contributed by atoms with Gasteiger partial charge in [-0.2, -0.15) is 0 Å². The Bertz CT molecular complexity index is 729. The molecule has 1 fully saturated rings. The lowest BCUT2D eigenvalue weighted by molar-refractivity contribution is -0.139. The second kappa shape index (κ2) is 5.91. The highest BCUT2D eigenvalue weighted by Crippen LogP contribution is 2.47. The van der Waals surface area contributed by atoms with Crippen molar-refractivity contribution in [2.75, 3.05) is 6.61 Å². The van der Waals surface area contributed by atoms with Crippen LogP contribution in [-0.2, 0) is 25.5 Å². The summed E-state index contributed by atoms with van der Waals surface area (Å²) in [5.41, 5.74) is 4.50. The first-order valence-electron chi connectivity index (χ1n) is 7.49. The van der Waals surface area contributed by atoms with Crippen LogP contribution in [0.3, 0.4) is 0 Å². The molecule has 1 saturated heterocycles. The molecule has 3 aliphatic rings. The van der Waals surface area contributed by atoms with Gasteiger partial charge in [-0.05, 0) is 37.0 Å². The van der Waals surface area contributed by atoms with E-state index >= 15 is 0 Å². The largest absolute Gasteiger partial charge is 0.515 e. The predicted octanol–water partition coefficient (Wildman–Crippen LogP) is 2.78. The summed E-state index contributed by atoms with van der Waals surface area (Å²) < 4.78 is 9.91. The number of hydrogen-bond acceptors (Lipinski definition) is 5. The zero-order valence-electron chi connectivity index (χ0n) is 13.0. The van der Waals surface area contributed by atoms with E-state index in [0.717, 1.165) is 29.4 Å². The van der Waals surface area contributed by atoms with Gasteiger partial charge in [-0.3, -0.25) is 0 Å². The molecule has 0 aromatic heterocycles. The van der Waals surface area contributed by atoms with Crippen LogP contribution < -0.4 is 0 Å². The zero-order chi connectivity index (χ0) is 16.6. The lowest BCUT2D eigenvalue weighted by atomic mass is 9.98. The molecule has 4 rings (SSSR count). The average Bonchev–Trinajstić information content (AvgIpc) is 3.15. The first-order chi connectivity index (χ1) is 11.0. The van der Waals surface area contributed by atoms with Crippen LogP contribution in [-0.4, -0.2) is 23.7 Å². The summed E-state index contributed by atoms with van der Waals surface area (Å²) in [6.07, 6.45) is 1.48. The summed E-state index contributed by atoms with van der Waals surface area (Å²) in [7, 11) is 0. The molecular formula is C18H18O5. The smallest absolute Gasteiger partial charge is 0.338 e. The molecule has 23 heavy (non-hydrogen) atoms. The molecule has 0 saturated carbocycles. The molecule has 2 heterocycles. The molecule has 5 heteroatoms. The Hall–Kier alpha value is -2.56. The maximum atomic E-state index is 11.4. The summed E-state index contributed by atoms with van der Waals surface area (Å²) in [6.45, 7) is 4.18. The van der Waals surface area contributed by atoms with E-state index in [1.165, 1.54) is 5.56 Å². The Morgan fingerprint density at radius 1 is 1.17 bits per heavy atom. The van der Waals surface area contributed by atoms with E-state index in [-0.39, 0.29) is 24.0 Å². The highest BCUT2D eigenvalue weighted by molar-refractivity contribution is 5.92. The quantitative estimate of drug-likeness (QED) is 0.453. The fraction of sp³-hybridized carbons (Fsp3) is 0.333. The van der Waals surface area contributed by atoms with Crippen LogP contribution in [0.5, 0.6) is 0 Å². The van der Waals surface area contributed by atoms with Gasteiger partial charge in [-0.15, -0.1) is 0 Å². The topological polar surface area (TPSA) is 72.8 Å². The third kappa shape index (κ3) is 2.63. The van der Waals surface area contributed by atoms with Gasteiger partial charge >= 0.3 is 11.9 Å². The highest BCUT2D eigenvalue weighted by atomic mass is 16.6. The third-order valence-electron chi connectivity index (χ3n) is 4.54. The number of rotatable bonds is 0. The van der Waals surface area contributed by atoms with Gasteiger partial charge in [0.2, 0.25) is 0 Å². The molecule has 2 atom stereocenters. The average molecular weight is 314 g/mol. The number of cyclic esters (lactones) is 1. The fourth-order valence-electron chi connectivity index (χ4n) is 3.02. The van der Waals surface area contributed by atoms with E-state index in [4.69, 9.17) is 9.84 Å². The SMILES string of the molecule is CC1=C(C)C(=O)OC1.O=C1OC2c3ccccc3CC2/C1=C\O. The zero-order valence-corrected chi connectivity index (χ0v) is 13.0. The molecule has 0 amide bonds. The molecular weight excluding hydrogens is 296 g/mol. The molecule has 1 aromatic carbocycles. The van der Waals surface area contributed by atoms with Crippen LogP contribution in [0.4, 0.5) is 0 Å². The van der Waals surface area contributed by atoms with Crippen molar-refractivity contribution in [3.05, 3.63) is 58.4 Å². The van der Waals surface area contributed by atoms with Crippen molar-refractivity contribution in [1.29, 1.82) is 0 Å². The molecule has 5 nitrogen and oxygen atoms in total. The Kier molecular flexibility index (Phi) is 3.94. The van der Waals surface area contributed by atoms with Crippen molar-refractivity contribution in [2.45, 2.75) is 26.4 Å². The minimum absolute atomic E-state index is 0.0000926. The number of fused-ring (bicyclic) bond motifs is 3. The van der Waals surface area contributed by atoms with Gasteiger partial charge in [-0.1, -0.05) is 24.3 Å². The predicted molar refractivity (Wildman–Crippen MR) is 82.5 cm³/mol. The number of aliphatic hydroxyl groups is 1. The van der Waals surface area contributed by atoms with E-state index in [1.54, 1.807) is 6.92 Å². The number of aliphatic hydroxyl groups excluding tert-OH is 1. The van der Waals surface area contributed by atoms with Crippen molar-refractivity contribution >= 4 is 11.9 Å². The molecule has 0 radical (unpaired) electrons. The summed E-state index contributed by atoms with van der Waals surface area (Å²) in [4.78, 5) is 21.9. The van der Waals surface area contributed by atoms with E-state index in [9.17, 15) is 9.59 Å². The van der Waals surface area contributed by atoms with Crippen LogP contribution in [0.15, 0.2) is 47.2 Å². The van der Waals surface area contributed by atoms with E-state index < -0.39 is 0 Å². The van der Waals surface area contributed by atoms with Gasteiger partial charge in [0.25, 0.3) is 0 Å². The second-order valence-corrected chi connectivity index (χ2v) is 5.90. The lowest BCUT2D eigenvalue weighted by Crippen LogP contribution is -2.03. The van der Waals surface area contributed by atoms with Crippen molar-refractivity contribution in [1.82, 2.24) is 0 Å². The summed E-state index contributed by atoms with van der Waals surface area (Å²) in [5, 5.41) is 9.00. The van der Waals surface area contributed by atoms with E-state index in [1.807, 2.05) is 31.2 Å². The molecule has 1 aliphatic carbocycles. The van der Waals surface area contributed by atoms with Gasteiger partial charge in [0.05, 0.1) is 11.8 Å². The first-order valence-corrected chi connectivity index (χ1v) is 7.49. The highest BCUT2D eigenvalue weighted by Gasteiger charge is 2.45. The fourth-order valence-corrected chi connectivity index (χ4v) is 3.02. The van der Waals surface area contributed by atoms with Gasteiger partial charge in [0, 0.05) is 11.5 Å². The third-order valence-corrected chi connectivity index (χ3v) is 4.54. The number of ether oxygens (including phenoxy) is 2. The minimum atomic E-state index is -0.387. The molecule has 1 aromatic rings. The maximum absolute atomic E-state index is 11.4. The maximum Gasteiger partial charge on any atom is 0.338 e.